The van der Waals surface area contributed by atoms with Crippen molar-refractivity contribution in [1.82, 2.24) is 0 Å². The summed E-state index contributed by atoms with van der Waals surface area (Å²) in [5, 5.41) is 8.88. The van der Waals surface area contributed by atoms with E-state index in [9.17, 15) is 9.59 Å². The molecule has 3 aromatic rings. The molecule has 0 saturated heterocycles. The Morgan fingerprint density at radius 3 is 2.24 bits per heavy atom. The number of benzene rings is 3. The third-order valence-electron chi connectivity index (χ3n) is 5.18. The summed E-state index contributed by atoms with van der Waals surface area (Å²) in [6.45, 7) is 5.11. The van der Waals surface area contributed by atoms with Crippen LogP contribution >= 0.6 is 0 Å². The second kappa shape index (κ2) is 13.0. The molecule has 178 valence electrons. The first-order chi connectivity index (χ1) is 16.5. The smallest absolute Gasteiger partial charge is 0.243 e. The average Bonchev–Trinajstić information content (AvgIpc) is 2.83. The fourth-order valence-electron chi connectivity index (χ4n) is 3.27. The molecule has 0 fully saturated rings. The lowest BCUT2D eigenvalue weighted by Gasteiger charge is -2.11. The quantitative estimate of drug-likeness (QED) is 0.323. The Morgan fingerprint density at radius 1 is 0.794 bits per heavy atom. The van der Waals surface area contributed by atoms with Gasteiger partial charge in [0, 0.05) is 23.5 Å². The highest BCUT2D eigenvalue weighted by molar-refractivity contribution is 5.94. The van der Waals surface area contributed by atoms with E-state index >= 15 is 0 Å². The number of nitrogens with one attached hydrogen (secondary N) is 3. The van der Waals surface area contributed by atoms with Gasteiger partial charge in [0.2, 0.25) is 11.8 Å². The van der Waals surface area contributed by atoms with Crippen LogP contribution in [-0.2, 0) is 16.0 Å². The van der Waals surface area contributed by atoms with Crippen LogP contribution in [0, 0.1) is 5.92 Å². The highest BCUT2D eigenvalue weighted by Gasteiger charge is 2.06. The van der Waals surface area contributed by atoms with Gasteiger partial charge in [-0.3, -0.25) is 9.59 Å². The van der Waals surface area contributed by atoms with Gasteiger partial charge < -0.3 is 20.7 Å². The zero-order valence-electron chi connectivity index (χ0n) is 19.8. The van der Waals surface area contributed by atoms with Gasteiger partial charge in [0.1, 0.15) is 5.75 Å². The second-order valence-corrected chi connectivity index (χ2v) is 8.57. The van der Waals surface area contributed by atoms with E-state index in [1.165, 1.54) is 0 Å². The number of anilines is 3. The fourth-order valence-corrected chi connectivity index (χ4v) is 3.27. The van der Waals surface area contributed by atoms with E-state index in [4.69, 9.17) is 4.74 Å². The van der Waals surface area contributed by atoms with Crippen molar-refractivity contribution in [3.05, 3.63) is 84.4 Å². The Bertz CT molecular complexity index is 1050. The van der Waals surface area contributed by atoms with Crippen molar-refractivity contribution in [3.63, 3.8) is 0 Å². The molecule has 0 aliphatic heterocycles. The molecule has 3 rings (SSSR count). The zero-order chi connectivity index (χ0) is 24.2. The number of carbonyl (C=O) groups excluding carboxylic acids is 2. The predicted octanol–water partition coefficient (Wildman–Crippen LogP) is 5.73. The molecule has 34 heavy (non-hydrogen) atoms. The van der Waals surface area contributed by atoms with Crippen molar-refractivity contribution in [3.8, 4) is 5.75 Å². The van der Waals surface area contributed by atoms with Gasteiger partial charge >= 0.3 is 0 Å². The van der Waals surface area contributed by atoms with Gasteiger partial charge in [-0.05, 0) is 66.8 Å². The molecule has 0 aliphatic carbocycles. The highest BCUT2D eigenvalue weighted by Crippen LogP contribution is 2.18. The molecule has 0 aliphatic rings. The summed E-state index contributed by atoms with van der Waals surface area (Å²) < 4.78 is 5.70. The van der Waals surface area contributed by atoms with Gasteiger partial charge in [-0.15, -0.1) is 0 Å². The minimum Gasteiger partial charge on any atom is -0.494 e. The number of amides is 2. The molecule has 0 atom stereocenters. The van der Waals surface area contributed by atoms with E-state index in [-0.39, 0.29) is 18.4 Å². The molecule has 0 saturated carbocycles. The Morgan fingerprint density at radius 2 is 1.50 bits per heavy atom. The number of ether oxygens (including phenoxy) is 1. The molecule has 0 radical (unpaired) electrons. The monoisotopic (exact) mass is 459 g/mol. The van der Waals surface area contributed by atoms with Crippen LogP contribution < -0.4 is 20.7 Å². The Hall–Kier alpha value is -3.80. The van der Waals surface area contributed by atoms with Crippen LogP contribution in [0.15, 0.2) is 78.9 Å². The SMILES string of the molecule is CC(C)CCOc1ccc(NC(=O)CNc2cccc(NC(=O)CCc3ccccc3)c2)cc1. The lowest BCUT2D eigenvalue weighted by atomic mass is 10.1. The van der Waals surface area contributed by atoms with E-state index in [1.807, 2.05) is 78.9 Å². The molecule has 3 aromatic carbocycles. The molecular weight excluding hydrogens is 426 g/mol. The molecule has 2 amide bonds. The van der Waals surface area contributed by atoms with Gasteiger partial charge in [0.15, 0.2) is 0 Å². The largest absolute Gasteiger partial charge is 0.494 e. The maximum absolute atomic E-state index is 12.3. The minimum atomic E-state index is -0.161. The number of aryl methyl sites for hydroxylation is 1. The van der Waals surface area contributed by atoms with E-state index in [0.717, 1.165) is 23.4 Å². The minimum absolute atomic E-state index is 0.0459. The van der Waals surface area contributed by atoms with Crippen LogP contribution in [0.4, 0.5) is 17.1 Å². The summed E-state index contributed by atoms with van der Waals surface area (Å²) in [6, 6.07) is 24.6. The summed E-state index contributed by atoms with van der Waals surface area (Å²) in [6.07, 6.45) is 2.10. The van der Waals surface area contributed by atoms with Crippen molar-refractivity contribution >= 4 is 28.9 Å². The third-order valence-corrected chi connectivity index (χ3v) is 5.18. The second-order valence-electron chi connectivity index (χ2n) is 8.57. The van der Waals surface area contributed by atoms with Crippen molar-refractivity contribution in [2.45, 2.75) is 33.1 Å². The average molecular weight is 460 g/mol. The number of hydrogen-bond acceptors (Lipinski definition) is 4. The van der Waals surface area contributed by atoms with Crippen LogP contribution in [0.2, 0.25) is 0 Å². The molecule has 3 N–H and O–H groups in total. The summed E-state index contributed by atoms with van der Waals surface area (Å²) in [5.74, 6) is 1.18. The molecule has 0 aromatic heterocycles. The Kier molecular flexibility index (Phi) is 9.52. The summed E-state index contributed by atoms with van der Waals surface area (Å²) in [4.78, 5) is 24.6. The first kappa shape index (κ1) is 24.8. The van der Waals surface area contributed by atoms with Crippen molar-refractivity contribution in [2.24, 2.45) is 5.92 Å². The Balaban J connectivity index is 1.41. The number of hydrogen-bond donors (Lipinski definition) is 3. The van der Waals surface area contributed by atoms with Crippen LogP contribution in [0.1, 0.15) is 32.3 Å². The first-order valence-corrected chi connectivity index (χ1v) is 11.7. The van der Waals surface area contributed by atoms with Crippen LogP contribution in [-0.4, -0.2) is 25.0 Å². The van der Waals surface area contributed by atoms with E-state index in [0.29, 0.717) is 36.7 Å². The summed E-state index contributed by atoms with van der Waals surface area (Å²) in [5.41, 5.74) is 3.29. The lowest BCUT2D eigenvalue weighted by Crippen LogP contribution is -2.21. The molecule has 6 nitrogen and oxygen atoms in total. The number of carbonyl (C=O) groups is 2. The predicted molar refractivity (Wildman–Crippen MR) is 138 cm³/mol. The van der Waals surface area contributed by atoms with E-state index < -0.39 is 0 Å². The first-order valence-electron chi connectivity index (χ1n) is 11.7. The third kappa shape index (κ3) is 8.98. The number of rotatable bonds is 12. The molecular formula is C28H33N3O3. The van der Waals surface area contributed by atoms with Crippen LogP contribution in [0.5, 0.6) is 5.75 Å². The van der Waals surface area contributed by atoms with Gasteiger partial charge in [0.05, 0.1) is 13.2 Å². The van der Waals surface area contributed by atoms with Crippen molar-refractivity contribution in [1.29, 1.82) is 0 Å². The highest BCUT2D eigenvalue weighted by atomic mass is 16.5. The zero-order valence-corrected chi connectivity index (χ0v) is 19.8. The van der Waals surface area contributed by atoms with Crippen LogP contribution in [0.3, 0.4) is 0 Å². The Labute approximate surface area is 201 Å². The van der Waals surface area contributed by atoms with E-state index in [2.05, 4.69) is 29.8 Å². The normalized spacial score (nSPS) is 10.6. The maximum atomic E-state index is 12.3. The molecule has 0 bridgehead atoms. The molecule has 6 heteroatoms. The topological polar surface area (TPSA) is 79.5 Å². The summed E-state index contributed by atoms with van der Waals surface area (Å²) in [7, 11) is 0. The van der Waals surface area contributed by atoms with Gasteiger partial charge in [-0.2, -0.15) is 0 Å². The van der Waals surface area contributed by atoms with Gasteiger partial charge in [0.25, 0.3) is 0 Å². The standard InChI is InChI=1S/C28H33N3O3/c1-21(2)17-18-34-26-14-12-23(13-15-26)30-28(33)20-29-24-9-6-10-25(19-24)31-27(32)16-11-22-7-4-3-5-8-22/h3-10,12-15,19,21,29H,11,16-18,20H2,1-2H3,(H,30,33)(H,31,32). The lowest BCUT2D eigenvalue weighted by molar-refractivity contribution is -0.116. The van der Waals surface area contributed by atoms with Crippen molar-refractivity contribution < 1.29 is 14.3 Å². The maximum Gasteiger partial charge on any atom is 0.243 e. The van der Waals surface area contributed by atoms with Gasteiger partial charge in [-0.1, -0.05) is 50.2 Å². The summed E-state index contributed by atoms with van der Waals surface area (Å²) >= 11 is 0. The van der Waals surface area contributed by atoms with E-state index in [1.54, 1.807) is 0 Å². The molecule has 0 unspecified atom stereocenters. The van der Waals surface area contributed by atoms with Crippen molar-refractivity contribution in [2.75, 3.05) is 29.1 Å². The molecule has 0 spiro atoms. The fraction of sp³-hybridized carbons (Fsp3) is 0.286. The van der Waals surface area contributed by atoms with Crippen LogP contribution in [0.25, 0.3) is 0 Å². The molecule has 0 heterocycles. The van der Waals surface area contributed by atoms with Gasteiger partial charge in [-0.25, -0.2) is 0 Å².